The Bertz CT molecular complexity index is 714. The number of halogens is 1. The van der Waals surface area contributed by atoms with Gasteiger partial charge in [-0.25, -0.2) is 4.98 Å². The number of rotatable bonds is 2. The first-order valence-corrected chi connectivity index (χ1v) is 6.79. The topological polar surface area (TPSA) is 17.8 Å². The van der Waals surface area contributed by atoms with Crippen molar-refractivity contribution in [2.45, 2.75) is 19.2 Å². The predicted octanol–water partition coefficient (Wildman–Crippen LogP) is 4.63. The maximum Gasteiger partial charge on any atom is 0.132 e. The third-order valence-electron chi connectivity index (χ3n) is 3.27. The van der Waals surface area contributed by atoms with Gasteiger partial charge in [-0.3, -0.25) is 4.57 Å². The van der Waals surface area contributed by atoms with Gasteiger partial charge in [-0.15, -0.1) is 11.6 Å². The highest BCUT2D eigenvalue weighted by Gasteiger charge is 2.17. The fourth-order valence-electron chi connectivity index (χ4n) is 2.42. The molecule has 0 saturated carbocycles. The Balaban J connectivity index is 2.40. The number of imidazole rings is 1. The van der Waals surface area contributed by atoms with Crippen molar-refractivity contribution in [3.8, 4) is 5.69 Å². The molecule has 0 amide bonds. The van der Waals surface area contributed by atoms with E-state index >= 15 is 0 Å². The van der Waals surface area contributed by atoms with Crippen LogP contribution in [-0.2, 0) is 0 Å². The number of aromatic nitrogens is 2. The van der Waals surface area contributed by atoms with Crippen molar-refractivity contribution in [3.63, 3.8) is 0 Å². The van der Waals surface area contributed by atoms with Crippen LogP contribution in [0.15, 0.2) is 48.5 Å². The van der Waals surface area contributed by atoms with Gasteiger partial charge in [-0.1, -0.05) is 30.3 Å². The molecule has 1 unspecified atom stereocenters. The first kappa shape index (κ1) is 12.2. The second kappa shape index (κ2) is 4.71. The molecule has 0 bridgehead atoms. The van der Waals surface area contributed by atoms with Crippen LogP contribution in [-0.4, -0.2) is 9.55 Å². The van der Waals surface area contributed by atoms with E-state index in [4.69, 9.17) is 11.6 Å². The zero-order valence-electron chi connectivity index (χ0n) is 11.0. The predicted molar refractivity (Wildman–Crippen MR) is 80.1 cm³/mol. The summed E-state index contributed by atoms with van der Waals surface area (Å²) in [5.74, 6) is 0.886. The molecule has 0 radical (unpaired) electrons. The van der Waals surface area contributed by atoms with Crippen LogP contribution < -0.4 is 0 Å². The van der Waals surface area contributed by atoms with Crippen molar-refractivity contribution in [1.29, 1.82) is 0 Å². The Morgan fingerprint density at radius 1 is 1.05 bits per heavy atom. The van der Waals surface area contributed by atoms with E-state index in [2.05, 4.69) is 34.7 Å². The molecule has 19 heavy (non-hydrogen) atoms. The second-order valence-corrected chi connectivity index (χ2v) is 5.35. The molecule has 3 aromatic rings. The highest BCUT2D eigenvalue weighted by molar-refractivity contribution is 6.20. The van der Waals surface area contributed by atoms with E-state index in [0.29, 0.717) is 0 Å². The maximum absolute atomic E-state index is 6.30. The Morgan fingerprint density at radius 3 is 2.47 bits per heavy atom. The highest BCUT2D eigenvalue weighted by Crippen LogP contribution is 2.29. The second-order valence-electron chi connectivity index (χ2n) is 4.70. The number of hydrogen-bond donors (Lipinski definition) is 0. The number of benzene rings is 2. The largest absolute Gasteiger partial charge is 0.295 e. The van der Waals surface area contributed by atoms with Crippen molar-refractivity contribution in [3.05, 3.63) is 59.9 Å². The van der Waals surface area contributed by atoms with Gasteiger partial charge in [-0.05, 0) is 37.6 Å². The lowest BCUT2D eigenvalue weighted by molar-refractivity contribution is 0.881. The standard InChI is InChI=1S/C16H15ClN2/c1-11-7-6-10-14-15(11)19(16(18-14)12(2)17)13-8-4-3-5-9-13/h3-10,12H,1-2H3. The smallest absolute Gasteiger partial charge is 0.132 e. The van der Waals surface area contributed by atoms with Crippen LogP contribution in [0.25, 0.3) is 16.7 Å². The number of fused-ring (bicyclic) bond motifs is 1. The molecule has 0 fully saturated rings. The monoisotopic (exact) mass is 270 g/mol. The average Bonchev–Trinajstić information content (AvgIpc) is 2.81. The lowest BCUT2D eigenvalue weighted by Crippen LogP contribution is -2.02. The summed E-state index contributed by atoms with van der Waals surface area (Å²) in [7, 11) is 0. The van der Waals surface area contributed by atoms with Crippen molar-refractivity contribution in [2.75, 3.05) is 0 Å². The molecule has 0 aliphatic carbocycles. The molecule has 0 saturated heterocycles. The SMILES string of the molecule is Cc1cccc2nc(C(C)Cl)n(-c3ccccc3)c12. The molecular weight excluding hydrogens is 256 g/mol. The van der Waals surface area contributed by atoms with Gasteiger partial charge in [0.05, 0.1) is 16.4 Å². The summed E-state index contributed by atoms with van der Waals surface area (Å²) in [6, 6.07) is 16.4. The fourth-order valence-corrected chi connectivity index (χ4v) is 2.56. The molecule has 96 valence electrons. The lowest BCUT2D eigenvalue weighted by atomic mass is 10.2. The van der Waals surface area contributed by atoms with Gasteiger partial charge in [0.1, 0.15) is 5.82 Å². The molecule has 0 aliphatic heterocycles. The zero-order chi connectivity index (χ0) is 13.4. The first-order valence-electron chi connectivity index (χ1n) is 6.36. The van der Waals surface area contributed by atoms with E-state index in [1.807, 2.05) is 37.3 Å². The summed E-state index contributed by atoms with van der Waals surface area (Å²) < 4.78 is 2.16. The molecule has 2 aromatic carbocycles. The summed E-state index contributed by atoms with van der Waals surface area (Å²) >= 11 is 6.30. The summed E-state index contributed by atoms with van der Waals surface area (Å²) in [5, 5.41) is -0.132. The van der Waals surface area contributed by atoms with Crippen LogP contribution >= 0.6 is 11.6 Å². The molecule has 0 N–H and O–H groups in total. The lowest BCUT2D eigenvalue weighted by Gasteiger charge is -2.11. The molecule has 0 spiro atoms. The minimum atomic E-state index is -0.132. The normalized spacial score (nSPS) is 12.8. The molecule has 1 heterocycles. The Hall–Kier alpha value is -1.80. The number of aryl methyl sites for hydroxylation is 1. The third kappa shape index (κ3) is 2.02. The van der Waals surface area contributed by atoms with Crippen LogP contribution in [0.4, 0.5) is 0 Å². The van der Waals surface area contributed by atoms with Crippen LogP contribution in [0.1, 0.15) is 23.7 Å². The highest BCUT2D eigenvalue weighted by atomic mass is 35.5. The van der Waals surface area contributed by atoms with Crippen LogP contribution in [0.5, 0.6) is 0 Å². The van der Waals surface area contributed by atoms with Crippen LogP contribution in [0.3, 0.4) is 0 Å². The van der Waals surface area contributed by atoms with Gasteiger partial charge in [-0.2, -0.15) is 0 Å². The van der Waals surface area contributed by atoms with E-state index in [-0.39, 0.29) is 5.38 Å². The van der Waals surface area contributed by atoms with Crippen molar-refractivity contribution in [1.82, 2.24) is 9.55 Å². The van der Waals surface area contributed by atoms with E-state index in [9.17, 15) is 0 Å². The molecule has 2 nitrogen and oxygen atoms in total. The minimum absolute atomic E-state index is 0.132. The number of nitrogens with zero attached hydrogens (tertiary/aromatic N) is 2. The Morgan fingerprint density at radius 2 is 1.79 bits per heavy atom. The number of alkyl halides is 1. The number of para-hydroxylation sites is 2. The molecular formula is C16H15ClN2. The molecule has 0 aliphatic rings. The summed E-state index contributed by atoms with van der Waals surface area (Å²) in [6.07, 6.45) is 0. The number of hydrogen-bond acceptors (Lipinski definition) is 1. The molecule has 3 heteroatoms. The van der Waals surface area contributed by atoms with Gasteiger partial charge in [0.25, 0.3) is 0 Å². The molecule has 1 aromatic heterocycles. The fraction of sp³-hybridized carbons (Fsp3) is 0.188. The van der Waals surface area contributed by atoms with Crippen molar-refractivity contribution >= 4 is 22.6 Å². The van der Waals surface area contributed by atoms with E-state index in [1.165, 1.54) is 5.56 Å². The maximum atomic E-state index is 6.30. The summed E-state index contributed by atoms with van der Waals surface area (Å²) in [4.78, 5) is 4.68. The van der Waals surface area contributed by atoms with Gasteiger partial charge in [0.15, 0.2) is 0 Å². The van der Waals surface area contributed by atoms with Gasteiger partial charge < -0.3 is 0 Å². The zero-order valence-corrected chi connectivity index (χ0v) is 11.7. The first-order chi connectivity index (χ1) is 9.18. The summed E-state index contributed by atoms with van der Waals surface area (Å²) in [5.41, 5.74) is 4.43. The molecule has 1 atom stereocenters. The molecule has 3 rings (SSSR count). The van der Waals surface area contributed by atoms with E-state index in [1.54, 1.807) is 0 Å². The Kier molecular flexibility index (Phi) is 3.03. The van der Waals surface area contributed by atoms with Gasteiger partial charge in [0, 0.05) is 5.69 Å². The van der Waals surface area contributed by atoms with Gasteiger partial charge >= 0.3 is 0 Å². The van der Waals surface area contributed by atoms with Gasteiger partial charge in [0.2, 0.25) is 0 Å². The summed E-state index contributed by atoms with van der Waals surface area (Å²) in [6.45, 7) is 4.06. The van der Waals surface area contributed by atoms with Crippen molar-refractivity contribution in [2.24, 2.45) is 0 Å². The van der Waals surface area contributed by atoms with Crippen LogP contribution in [0, 0.1) is 6.92 Å². The Labute approximate surface area is 117 Å². The van der Waals surface area contributed by atoms with E-state index < -0.39 is 0 Å². The van der Waals surface area contributed by atoms with Crippen molar-refractivity contribution < 1.29 is 0 Å². The van der Waals surface area contributed by atoms with E-state index in [0.717, 1.165) is 22.5 Å². The average molecular weight is 271 g/mol. The minimum Gasteiger partial charge on any atom is -0.295 e. The third-order valence-corrected chi connectivity index (χ3v) is 3.47. The van der Waals surface area contributed by atoms with Crippen LogP contribution in [0.2, 0.25) is 0 Å². The quantitative estimate of drug-likeness (QED) is 0.621.